The van der Waals surface area contributed by atoms with E-state index >= 15 is 0 Å². The Labute approximate surface area is 202 Å². The molecule has 0 bridgehead atoms. The van der Waals surface area contributed by atoms with Crippen LogP contribution in [0.1, 0.15) is 50.5 Å². The maximum Gasteiger partial charge on any atom is 0.232 e. The van der Waals surface area contributed by atoms with E-state index in [0.717, 1.165) is 37.8 Å². The number of aromatic nitrogens is 2. The van der Waals surface area contributed by atoms with Crippen LogP contribution in [0.2, 0.25) is 0 Å². The molecular formula is C25H35N7S. The Kier molecular flexibility index (Phi) is 7.09. The maximum atomic E-state index is 5.59. The molecule has 0 radical (unpaired) electrons. The van der Waals surface area contributed by atoms with Gasteiger partial charge < -0.3 is 25.3 Å². The van der Waals surface area contributed by atoms with E-state index in [0.29, 0.717) is 17.6 Å². The molecule has 0 saturated carbocycles. The predicted molar refractivity (Wildman–Crippen MR) is 140 cm³/mol. The van der Waals surface area contributed by atoms with Crippen LogP contribution < -0.4 is 25.3 Å². The molecule has 0 unspecified atom stereocenters. The number of benzene rings is 1. The van der Waals surface area contributed by atoms with E-state index in [4.69, 9.17) is 22.2 Å². The van der Waals surface area contributed by atoms with Crippen molar-refractivity contribution in [1.29, 1.82) is 0 Å². The zero-order valence-corrected chi connectivity index (χ0v) is 20.2. The highest BCUT2D eigenvalue weighted by Crippen LogP contribution is 2.26. The fraction of sp³-hybridized carbons (Fsp3) is 0.560. The summed E-state index contributed by atoms with van der Waals surface area (Å²) in [7, 11) is 0. The van der Waals surface area contributed by atoms with Gasteiger partial charge in [0.2, 0.25) is 5.95 Å². The Morgan fingerprint density at radius 3 is 1.82 bits per heavy atom. The molecule has 3 fully saturated rings. The first-order valence-corrected chi connectivity index (χ1v) is 12.9. The Bertz CT molecular complexity index is 930. The van der Waals surface area contributed by atoms with Gasteiger partial charge in [0.1, 0.15) is 11.6 Å². The van der Waals surface area contributed by atoms with Crippen LogP contribution in [0.3, 0.4) is 0 Å². The van der Waals surface area contributed by atoms with Crippen LogP contribution in [0.25, 0.3) is 0 Å². The van der Waals surface area contributed by atoms with Gasteiger partial charge in [-0.3, -0.25) is 0 Å². The summed E-state index contributed by atoms with van der Waals surface area (Å²) in [6.07, 6.45) is 8.79. The molecule has 3 saturated heterocycles. The van der Waals surface area contributed by atoms with Crippen molar-refractivity contribution in [3.8, 4) is 0 Å². The van der Waals surface area contributed by atoms with Crippen molar-refractivity contribution >= 4 is 40.6 Å². The van der Waals surface area contributed by atoms with Crippen LogP contribution in [0, 0.1) is 0 Å². The topological polar surface area (TPSA) is 59.6 Å². The highest BCUT2D eigenvalue weighted by molar-refractivity contribution is 7.80. The molecule has 8 heteroatoms. The van der Waals surface area contributed by atoms with Gasteiger partial charge in [-0.1, -0.05) is 12.1 Å². The number of hydrogen-bond donors (Lipinski definition) is 2. The molecule has 33 heavy (non-hydrogen) atoms. The standard InChI is InChI=1S/C25H35N7S/c33-25(26-19-20-8-10-21(11-9-20)30-12-4-5-13-30)29-24-27-22(31-14-2-1-3-15-31)18-23(28-24)32-16-6-7-17-32/h8-11,18H,1-7,12-17,19H2,(H2,26,27,28,29,33). The van der Waals surface area contributed by atoms with Crippen molar-refractivity contribution in [2.75, 3.05) is 59.3 Å². The summed E-state index contributed by atoms with van der Waals surface area (Å²) >= 11 is 5.59. The molecule has 1 aromatic carbocycles. The van der Waals surface area contributed by atoms with Crippen LogP contribution in [0.5, 0.6) is 0 Å². The van der Waals surface area contributed by atoms with E-state index in [-0.39, 0.29) is 0 Å². The number of anilines is 4. The third kappa shape index (κ3) is 5.66. The summed E-state index contributed by atoms with van der Waals surface area (Å²) in [4.78, 5) is 16.8. The van der Waals surface area contributed by atoms with Crippen molar-refractivity contribution in [3.63, 3.8) is 0 Å². The van der Waals surface area contributed by atoms with Crippen LogP contribution >= 0.6 is 12.2 Å². The van der Waals surface area contributed by atoms with Gasteiger partial charge in [-0.2, -0.15) is 9.97 Å². The van der Waals surface area contributed by atoms with E-state index in [1.807, 2.05) is 0 Å². The van der Waals surface area contributed by atoms with Crippen molar-refractivity contribution in [3.05, 3.63) is 35.9 Å². The minimum absolute atomic E-state index is 0.557. The minimum atomic E-state index is 0.557. The normalized spacial score (nSPS) is 18.6. The quantitative estimate of drug-likeness (QED) is 0.617. The Balaban J connectivity index is 1.22. The van der Waals surface area contributed by atoms with Gasteiger partial charge in [-0.15, -0.1) is 0 Å². The summed E-state index contributed by atoms with van der Waals surface area (Å²) in [5.74, 6) is 2.60. The highest BCUT2D eigenvalue weighted by atomic mass is 32.1. The van der Waals surface area contributed by atoms with Crippen molar-refractivity contribution in [1.82, 2.24) is 15.3 Å². The highest BCUT2D eigenvalue weighted by Gasteiger charge is 2.20. The van der Waals surface area contributed by atoms with E-state index in [1.165, 1.54) is 69.3 Å². The van der Waals surface area contributed by atoms with Gasteiger partial charge in [0.25, 0.3) is 0 Å². The number of nitrogens with one attached hydrogen (secondary N) is 2. The molecule has 0 aliphatic carbocycles. The van der Waals surface area contributed by atoms with Crippen molar-refractivity contribution < 1.29 is 0 Å². The van der Waals surface area contributed by atoms with Crippen LogP contribution in [0.4, 0.5) is 23.3 Å². The molecular weight excluding hydrogens is 430 g/mol. The molecule has 7 nitrogen and oxygen atoms in total. The SMILES string of the molecule is S=C(NCc1ccc(N2CCCC2)cc1)Nc1nc(N2CCCCC2)cc(N2CCCC2)n1. The Hall–Kier alpha value is -2.61. The van der Waals surface area contributed by atoms with Crippen molar-refractivity contribution in [2.45, 2.75) is 51.5 Å². The summed E-state index contributed by atoms with van der Waals surface area (Å²) in [5, 5.41) is 7.13. The smallest absolute Gasteiger partial charge is 0.232 e. The molecule has 2 N–H and O–H groups in total. The number of thiocarbonyl (C=S) groups is 1. The summed E-state index contributed by atoms with van der Waals surface area (Å²) in [6, 6.07) is 10.9. The molecule has 0 spiro atoms. The molecule has 0 atom stereocenters. The first-order chi connectivity index (χ1) is 16.2. The first-order valence-electron chi connectivity index (χ1n) is 12.5. The third-order valence-electron chi connectivity index (χ3n) is 6.90. The zero-order chi connectivity index (χ0) is 22.5. The van der Waals surface area contributed by atoms with Crippen molar-refractivity contribution in [2.24, 2.45) is 0 Å². The zero-order valence-electron chi connectivity index (χ0n) is 19.4. The second kappa shape index (κ2) is 10.5. The number of piperidine rings is 1. The van der Waals surface area contributed by atoms with Crippen LogP contribution in [0.15, 0.2) is 30.3 Å². The first kappa shape index (κ1) is 22.2. The molecule has 176 valence electrons. The largest absolute Gasteiger partial charge is 0.372 e. The molecule has 1 aromatic heterocycles. The average molecular weight is 466 g/mol. The Morgan fingerprint density at radius 2 is 1.24 bits per heavy atom. The van der Waals surface area contributed by atoms with E-state index in [1.54, 1.807) is 0 Å². The monoisotopic (exact) mass is 465 g/mol. The summed E-state index contributed by atoms with van der Waals surface area (Å²) in [6.45, 7) is 7.26. The van der Waals surface area contributed by atoms with Gasteiger partial charge in [-0.25, -0.2) is 0 Å². The number of hydrogen-bond acceptors (Lipinski definition) is 6. The second-order valence-corrected chi connectivity index (χ2v) is 9.73. The lowest BCUT2D eigenvalue weighted by Crippen LogP contribution is -2.32. The average Bonchev–Trinajstić information content (AvgIpc) is 3.58. The van der Waals surface area contributed by atoms with Gasteiger partial charge >= 0.3 is 0 Å². The van der Waals surface area contributed by atoms with Gasteiger partial charge in [0, 0.05) is 57.6 Å². The molecule has 5 rings (SSSR count). The number of nitrogens with zero attached hydrogens (tertiary/aromatic N) is 5. The fourth-order valence-electron chi connectivity index (χ4n) is 5.00. The maximum absolute atomic E-state index is 5.59. The molecule has 2 aromatic rings. The molecule has 3 aliphatic rings. The van der Waals surface area contributed by atoms with Gasteiger partial charge in [-0.05, 0) is 74.9 Å². The van der Waals surface area contributed by atoms with E-state index < -0.39 is 0 Å². The van der Waals surface area contributed by atoms with Crippen LogP contribution in [-0.4, -0.2) is 54.3 Å². The van der Waals surface area contributed by atoms with Gasteiger partial charge in [0.05, 0.1) is 0 Å². The fourth-order valence-corrected chi connectivity index (χ4v) is 5.16. The molecule has 3 aliphatic heterocycles. The predicted octanol–water partition coefficient (Wildman–Crippen LogP) is 4.15. The van der Waals surface area contributed by atoms with Crippen LogP contribution in [-0.2, 0) is 6.54 Å². The van der Waals surface area contributed by atoms with Gasteiger partial charge in [0.15, 0.2) is 5.11 Å². The minimum Gasteiger partial charge on any atom is -0.372 e. The van der Waals surface area contributed by atoms with E-state index in [2.05, 4.69) is 55.7 Å². The Morgan fingerprint density at radius 1 is 0.727 bits per heavy atom. The second-order valence-electron chi connectivity index (χ2n) is 9.32. The lowest BCUT2D eigenvalue weighted by atomic mass is 10.1. The summed E-state index contributed by atoms with van der Waals surface area (Å²) in [5.41, 5.74) is 2.53. The molecule has 0 amide bonds. The number of rotatable bonds is 6. The van der Waals surface area contributed by atoms with E-state index in [9.17, 15) is 0 Å². The lowest BCUT2D eigenvalue weighted by molar-refractivity contribution is 0.573. The third-order valence-corrected chi connectivity index (χ3v) is 7.14. The lowest BCUT2D eigenvalue weighted by Gasteiger charge is -2.29. The molecule has 4 heterocycles. The summed E-state index contributed by atoms with van der Waals surface area (Å²) < 4.78 is 0.